The zero-order valence-electron chi connectivity index (χ0n) is 10.8. The maximum Gasteiger partial charge on any atom is 0.217 e. The fraction of sp³-hybridized carbons (Fsp3) is 0.750. The second-order valence-corrected chi connectivity index (χ2v) is 7.65. The van der Waals surface area contributed by atoms with Gasteiger partial charge in [0.25, 0.3) is 0 Å². The lowest BCUT2D eigenvalue weighted by Gasteiger charge is -2.47. The highest BCUT2D eigenvalue weighted by Crippen LogP contribution is 2.37. The Bertz CT molecular complexity index is 466. The van der Waals surface area contributed by atoms with Gasteiger partial charge in [-0.05, 0) is 40.6 Å². The number of carbonyl (C=O) groups excluding carboxylic acids is 1. The monoisotopic (exact) mass is 344 g/mol. The van der Waals surface area contributed by atoms with Gasteiger partial charge >= 0.3 is 0 Å². The Morgan fingerprint density at radius 3 is 2.58 bits per heavy atom. The first-order valence-electron chi connectivity index (χ1n) is 6.64. The molecule has 2 heterocycles. The van der Waals surface area contributed by atoms with Crippen molar-refractivity contribution in [1.82, 2.24) is 15.5 Å². The molecule has 7 heteroatoms. The van der Waals surface area contributed by atoms with Crippen molar-refractivity contribution >= 4 is 38.3 Å². The number of anilines is 1. The number of nitrogens with one attached hydrogen (secondary N) is 1. The maximum absolute atomic E-state index is 11.3. The molecule has 5 nitrogen and oxygen atoms in total. The SMILES string of the molecule is CC(=O)NC1C2CCCC1CN(c1nnc(Br)s1)C2. The molecule has 2 atom stereocenters. The van der Waals surface area contributed by atoms with Gasteiger partial charge in [0.2, 0.25) is 11.0 Å². The van der Waals surface area contributed by atoms with Crippen LogP contribution in [-0.4, -0.2) is 35.2 Å². The highest BCUT2D eigenvalue weighted by molar-refractivity contribution is 9.11. The van der Waals surface area contributed by atoms with Crippen LogP contribution in [0.3, 0.4) is 0 Å². The summed E-state index contributed by atoms with van der Waals surface area (Å²) >= 11 is 4.95. The van der Waals surface area contributed by atoms with Crippen molar-refractivity contribution in [3.8, 4) is 0 Å². The summed E-state index contributed by atoms with van der Waals surface area (Å²) in [6, 6.07) is 0.346. The number of fused-ring (bicyclic) bond motifs is 2. The summed E-state index contributed by atoms with van der Waals surface area (Å²) in [5, 5.41) is 12.4. The van der Waals surface area contributed by atoms with E-state index in [1.54, 1.807) is 18.3 Å². The number of hydrogen-bond acceptors (Lipinski definition) is 5. The Labute approximate surface area is 124 Å². The zero-order chi connectivity index (χ0) is 13.4. The van der Waals surface area contributed by atoms with Crippen LogP contribution in [0.5, 0.6) is 0 Å². The molecule has 2 aliphatic rings. The van der Waals surface area contributed by atoms with Crippen LogP contribution in [0.15, 0.2) is 3.92 Å². The summed E-state index contributed by atoms with van der Waals surface area (Å²) in [6.45, 7) is 3.57. The lowest BCUT2D eigenvalue weighted by atomic mass is 9.73. The van der Waals surface area contributed by atoms with Gasteiger partial charge in [0.1, 0.15) is 0 Å². The predicted octanol–water partition coefficient (Wildman–Crippen LogP) is 2.04. The molecule has 2 fully saturated rings. The van der Waals surface area contributed by atoms with Crippen molar-refractivity contribution in [2.45, 2.75) is 32.2 Å². The van der Waals surface area contributed by atoms with Gasteiger partial charge in [0.05, 0.1) is 0 Å². The van der Waals surface area contributed by atoms with Gasteiger partial charge in [0, 0.05) is 26.1 Å². The van der Waals surface area contributed by atoms with Gasteiger partial charge in [-0.3, -0.25) is 4.79 Å². The molecule has 104 valence electrons. The van der Waals surface area contributed by atoms with Crippen LogP contribution in [0.25, 0.3) is 0 Å². The average molecular weight is 345 g/mol. The minimum Gasteiger partial charge on any atom is -0.353 e. The molecule has 1 saturated carbocycles. The molecule has 1 aromatic rings. The summed E-state index contributed by atoms with van der Waals surface area (Å²) in [4.78, 5) is 13.7. The van der Waals surface area contributed by atoms with Crippen LogP contribution in [0.2, 0.25) is 0 Å². The molecule has 1 N–H and O–H groups in total. The fourth-order valence-electron chi connectivity index (χ4n) is 3.39. The van der Waals surface area contributed by atoms with Gasteiger partial charge in [-0.1, -0.05) is 17.8 Å². The normalized spacial score (nSPS) is 30.2. The Morgan fingerprint density at radius 2 is 2.05 bits per heavy atom. The Hall–Kier alpha value is -0.690. The molecule has 2 bridgehead atoms. The largest absolute Gasteiger partial charge is 0.353 e. The smallest absolute Gasteiger partial charge is 0.217 e. The first-order chi connectivity index (χ1) is 9.13. The topological polar surface area (TPSA) is 58.1 Å². The Morgan fingerprint density at radius 1 is 1.37 bits per heavy atom. The molecule has 3 rings (SSSR count). The molecule has 2 unspecified atom stereocenters. The van der Waals surface area contributed by atoms with Crippen molar-refractivity contribution in [2.24, 2.45) is 11.8 Å². The summed E-state index contributed by atoms with van der Waals surface area (Å²) in [6.07, 6.45) is 3.66. The van der Waals surface area contributed by atoms with Crippen molar-refractivity contribution in [3.05, 3.63) is 3.92 Å². The van der Waals surface area contributed by atoms with Gasteiger partial charge < -0.3 is 10.2 Å². The second-order valence-electron chi connectivity index (χ2n) is 5.42. The number of piperidine rings is 1. The summed E-state index contributed by atoms with van der Waals surface area (Å²) in [5.41, 5.74) is 0. The molecule has 1 aromatic heterocycles. The number of rotatable bonds is 2. The maximum atomic E-state index is 11.3. The van der Waals surface area contributed by atoms with Crippen LogP contribution in [0.1, 0.15) is 26.2 Å². The van der Waals surface area contributed by atoms with E-state index in [0.29, 0.717) is 17.9 Å². The molecule has 19 heavy (non-hydrogen) atoms. The first kappa shape index (κ1) is 13.3. The number of aromatic nitrogens is 2. The fourth-order valence-corrected chi connectivity index (χ4v) is 4.50. The third-order valence-corrected chi connectivity index (χ3v) is 5.52. The minimum atomic E-state index is 0.0917. The molecule has 1 aliphatic heterocycles. The number of halogens is 1. The quantitative estimate of drug-likeness (QED) is 0.891. The van der Waals surface area contributed by atoms with Gasteiger partial charge in [-0.15, -0.1) is 10.2 Å². The van der Waals surface area contributed by atoms with E-state index in [-0.39, 0.29) is 5.91 Å². The van der Waals surface area contributed by atoms with E-state index in [4.69, 9.17) is 0 Å². The van der Waals surface area contributed by atoms with Gasteiger partial charge in [0.15, 0.2) is 3.92 Å². The van der Waals surface area contributed by atoms with Crippen LogP contribution in [-0.2, 0) is 4.79 Å². The van der Waals surface area contributed by atoms with E-state index in [1.807, 2.05) is 0 Å². The molecule has 1 aliphatic carbocycles. The highest BCUT2D eigenvalue weighted by atomic mass is 79.9. The van der Waals surface area contributed by atoms with Gasteiger partial charge in [-0.25, -0.2) is 0 Å². The van der Waals surface area contributed by atoms with E-state index in [0.717, 1.165) is 22.1 Å². The van der Waals surface area contributed by atoms with E-state index in [2.05, 4.69) is 36.3 Å². The van der Waals surface area contributed by atoms with Crippen LogP contribution in [0, 0.1) is 11.8 Å². The highest BCUT2D eigenvalue weighted by Gasteiger charge is 2.40. The lowest BCUT2D eigenvalue weighted by molar-refractivity contribution is -0.120. The van der Waals surface area contributed by atoms with Crippen LogP contribution in [0.4, 0.5) is 5.13 Å². The Balaban J connectivity index is 1.76. The number of amides is 1. The number of carbonyl (C=O) groups is 1. The molecule has 1 amide bonds. The molecule has 0 radical (unpaired) electrons. The van der Waals surface area contributed by atoms with E-state index in [9.17, 15) is 4.79 Å². The summed E-state index contributed by atoms with van der Waals surface area (Å²) in [5.74, 6) is 1.17. The van der Waals surface area contributed by atoms with E-state index >= 15 is 0 Å². The van der Waals surface area contributed by atoms with Crippen LogP contribution < -0.4 is 10.2 Å². The minimum absolute atomic E-state index is 0.0917. The summed E-state index contributed by atoms with van der Waals surface area (Å²) < 4.78 is 0.830. The zero-order valence-corrected chi connectivity index (χ0v) is 13.2. The molecular formula is C12H17BrN4OS. The van der Waals surface area contributed by atoms with E-state index < -0.39 is 0 Å². The van der Waals surface area contributed by atoms with Crippen molar-refractivity contribution in [2.75, 3.05) is 18.0 Å². The second kappa shape index (κ2) is 5.36. The van der Waals surface area contributed by atoms with Crippen LogP contribution >= 0.6 is 27.3 Å². The van der Waals surface area contributed by atoms with Gasteiger partial charge in [-0.2, -0.15) is 0 Å². The third-order valence-electron chi connectivity index (χ3n) is 4.11. The van der Waals surface area contributed by atoms with Crippen molar-refractivity contribution in [1.29, 1.82) is 0 Å². The van der Waals surface area contributed by atoms with Crippen molar-refractivity contribution in [3.63, 3.8) is 0 Å². The van der Waals surface area contributed by atoms with E-state index in [1.165, 1.54) is 19.3 Å². The first-order valence-corrected chi connectivity index (χ1v) is 8.25. The lowest BCUT2D eigenvalue weighted by Crippen LogP contribution is -2.58. The Kier molecular flexibility index (Phi) is 3.75. The summed E-state index contributed by atoms with van der Waals surface area (Å²) in [7, 11) is 0. The standard InChI is InChI=1S/C12H17BrN4OS/c1-7(18)14-10-8-3-2-4-9(10)6-17(5-8)12-16-15-11(13)19-12/h8-10H,2-6H2,1H3,(H,14,18). The molecule has 1 saturated heterocycles. The number of nitrogens with zero attached hydrogens (tertiary/aromatic N) is 3. The molecule has 0 aromatic carbocycles. The number of hydrogen-bond donors (Lipinski definition) is 1. The molecule has 0 spiro atoms. The van der Waals surface area contributed by atoms with Crippen molar-refractivity contribution < 1.29 is 4.79 Å². The third kappa shape index (κ3) is 2.76. The predicted molar refractivity (Wildman–Crippen MR) is 78.3 cm³/mol. The average Bonchev–Trinajstić information content (AvgIpc) is 2.74. The molecular weight excluding hydrogens is 328 g/mol.